The number of benzene rings is 2. The molecule has 1 fully saturated rings. The highest BCUT2D eigenvalue weighted by Crippen LogP contribution is 2.40. The molecule has 0 atom stereocenters. The molecule has 1 aliphatic rings. The molecule has 30 heavy (non-hydrogen) atoms. The molecule has 0 spiro atoms. The van der Waals surface area contributed by atoms with Gasteiger partial charge in [-0.2, -0.15) is 0 Å². The van der Waals surface area contributed by atoms with Gasteiger partial charge in [-0.25, -0.2) is 14.8 Å². The molecule has 0 saturated heterocycles. The molecular weight excluding hydrogens is 374 g/mol. The first-order valence-corrected chi connectivity index (χ1v) is 10.0. The maximum Gasteiger partial charge on any atom is 0.355 e. The lowest BCUT2D eigenvalue weighted by Gasteiger charge is -2.38. The van der Waals surface area contributed by atoms with Crippen LogP contribution in [0.2, 0.25) is 0 Å². The molecule has 5 rings (SSSR count). The van der Waals surface area contributed by atoms with Gasteiger partial charge in [0.15, 0.2) is 5.69 Å². The average molecular weight is 395 g/mol. The third-order valence-electron chi connectivity index (χ3n) is 6.01. The quantitative estimate of drug-likeness (QED) is 0.508. The van der Waals surface area contributed by atoms with Crippen molar-refractivity contribution in [3.63, 3.8) is 0 Å². The summed E-state index contributed by atoms with van der Waals surface area (Å²) in [5.41, 5.74) is 11.7. The molecule has 0 unspecified atom stereocenters. The number of carboxylic acid groups (broad SMARTS) is 1. The van der Waals surface area contributed by atoms with Gasteiger partial charge in [0.1, 0.15) is 0 Å². The zero-order valence-electron chi connectivity index (χ0n) is 16.4. The van der Waals surface area contributed by atoms with E-state index in [1.807, 2.05) is 36.4 Å². The normalized spacial score (nSPS) is 15.0. The number of nitrogens with zero attached hydrogens (tertiary/aromatic N) is 2. The Balaban J connectivity index is 1.71. The number of hydrogen-bond donors (Lipinski definition) is 2. The second kappa shape index (κ2) is 7.04. The van der Waals surface area contributed by atoms with E-state index in [4.69, 9.17) is 10.7 Å². The lowest BCUT2D eigenvalue weighted by Crippen LogP contribution is -2.43. The van der Waals surface area contributed by atoms with Gasteiger partial charge in [-0.3, -0.25) is 0 Å². The third-order valence-corrected chi connectivity index (χ3v) is 6.01. The molecule has 0 amide bonds. The van der Waals surface area contributed by atoms with Crippen LogP contribution in [0.3, 0.4) is 0 Å². The number of carboxylic acids is 1. The minimum absolute atomic E-state index is 0.00846. The van der Waals surface area contributed by atoms with Gasteiger partial charge in [0, 0.05) is 28.2 Å². The summed E-state index contributed by atoms with van der Waals surface area (Å²) in [4.78, 5) is 20.6. The topological polar surface area (TPSA) is 89.1 Å². The molecule has 2 aromatic heterocycles. The number of carbonyl (C=O) groups is 1. The molecule has 1 aliphatic carbocycles. The molecular formula is C25H21N3O2. The predicted octanol–water partition coefficient (Wildman–Crippen LogP) is 5.00. The standard InChI is InChI=1S/C25H21N3O2/c26-25(12-4-13-25)18-9-7-17(8-10-18)22-19(16-5-2-1-3-6-16)15-20-21(28-22)11-14-27-23(20)24(29)30/h1-3,5-11,14-15H,4,12-13,26H2,(H,29,30). The van der Waals surface area contributed by atoms with Crippen molar-refractivity contribution in [2.24, 2.45) is 5.73 Å². The van der Waals surface area contributed by atoms with E-state index in [1.165, 1.54) is 12.6 Å². The zero-order chi connectivity index (χ0) is 20.7. The van der Waals surface area contributed by atoms with E-state index in [2.05, 4.69) is 29.2 Å². The SMILES string of the molecule is NC1(c2ccc(-c3nc4ccnc(C(=O)O)c4cc3-c3ccccc3)cc2)CCC1. The summed E-state index contributed by atoms with van der Waals surface area (Å²) >= 11 is 0. The molecule has 3 N–H and O–H groups in total. The van der Waals surface area contributed by atoms with E-state index in [9.17, 15) is 9.90 Å². The Kier molecular flexibility index (Phi) is 4.33. The van der Waals surface area contributed by atoms with Crippen LogP contribution in [-0.2, 0) is 5.54 Å². The highest BCUT2D eigenvalue weighted by molar-refractivity contribution is 6.03. The zero-order valence-corrected chi connectivity index (χ0v) is 16.4. The molecule has 5 heteroatoms. The number of hydrogen-bond acceptors (Lipinski definition) is 4. The van der Waals surface area contributed by atoms with Gasteiger partial charge in [0.2, 0.25) is 0 Å². The number of fused-ring (bicyclic) bond motifs is 1. The van der Waals surface area contributed by atoms with Crippen LogP contribution in [0.15, 0.2) is 72.9 Å². The summed E-state index contributed by atoms with van der Waals surface area (Å²) in [6, 6.07) is 21.8. The van der Waals surface area contributed by atoms with Crippen molar-refractivity contribution in [1.29, 1.82) is 0 Å². The fourth-order valence-electron chi connectivity index (χ4n) is 4.13. The second-order valence-corrected chi connectivity index (χ2v) is 7.87. The summed E-state index contributed by atoms with van der Waals surface area (Å²) in [5.74, 6) is -1.06. The van der Waals surface area contributed by atoms with Crippen LogP contribution in [-0.4, -0.2) is 21.0 Å². The largest absolute Gasteiger partial charge is 0.476 e. The van der Waals surface area contributed by atoms with Crippen LogP contribution in [0, 0.1) is 0 Å². The van der Waals surface area contributed by atoms with Gasteiger partial charge < -0.3 is 10.8 Å². The molecule has 0 radical (unpaired) electrons. The highest BCUT2D eigenvalue weighted by Gasteiger charge is 2.34. The summed E-state index contributed by atoms with van der Waals surface area (Å²) in [6.07, 6.45) is 4.69. The number of aromatic nitrogens is 2. The van der Waals surface area contributed by atoms with Gasteiger partial charge in [-0.15, -0.1) is 0 Å². The number of pyridine rings is 2. The smallest absolute Gasteiger partial charge is 0.355 e. The van der Waals surface area contributed by atoms with Gasteiger partial charge in [0.05, 0.1) is 11.2 Å². The summed E-state index contributed by atoms with van der Waals surface area (Å²) in [6.45, 7) is 0. The minimum atomic E-state index is -1.06. The highest BCUT2D eigenvalue weighted by atomic mass is 16.4. The molecule has 148 valence electrons. The van der Waals surface area contributed by atoms with Crippen LogP contribution >= 0.6 is 0 Å². The van der Waals surface area contributed by atoms with E-state index in [-0.39, 0.29) is 11.2 Å². The van der Waals surface area contributed by atoms with Crippen molar-refractivity contribution < 1.29 is 9.90 Å². The van der Waals surface area contributed by atoms with Gasteiger partial charge in [-0.1, -0.05) is 54.6 Å². The number of aromatic carboxylic acids is 1. The van der Waals surface area contributed by atoms with Crippen LogP contribution < -0.4 is 5.73 Å². The summed E-state index contributed by atoms with van der Waals surface area (Å²) < 4.78 is 0. The Morgan fingerprint density at radius 1 is 0.967 bits per heavy atom. The fraction of sp³-hybridized carbons (Fsp3) is 0.160. The Morgan fingerprint density at radius 2 is 1.70 bits per heavy atom. The second-order valence-electron chi connectivity index (χ2n) is 7.87. The molecule has 5 nitrogen and oxygen atoms in total. The van der Waals surface area contributed by atoms with E-state index < -0.39 is 5.97 Å². The summed E-state index contributed by atoms with van der Waals surface area (Å²) in [7, 11) is 0. The molecule has 4 aromatic rings. The van der Waals surface area contributed by atoms with Crippen LogP contribution in [0.5, 0.6) is 0 Å². The lowest BCUT2D eigenvalue weighted by molar-refractivity contribution is 0.0693. The molecule has 2 aromatic carbocycles. The maximum absolute atomic E-state index is 11.7. The van der Waals surface area contributed by atoms with Crippen molar-refractivity contribution in [2.75, 3.05) is 0 Å². The molecule has 2 heterocycles. The Hall–Kier alpha value is -3.57. The number of rotatable bonds is 4. The van der Waals surface area contributed by atoms with Crippen molar-refractivity contribution in [3.8, 4) is 22.4 Å². The first kappa shape index (κ1) is 18.5. The number of nitrogens with two attached hydrogens (primary N) is 1. The van der Waals surface area contributed by atoms with Crippen molar-refractivity contribution in [2.45, 2.75) is 24.8 Å². The Labute approximate surface area is 174 Å². The first-order chi connectivity index (χ1) is 14.5. The molecule has 0 aliphatic heterocycles. The van der Waals surface area contributed by atoms with Crippen molar-refractivity contribution >= 4 is 16.9 Å². The van der Waals surface area contributed by atoms with E-state index in [0.717, 1.165) is 40.8 Å². The van der Waals surface area contributed by atoms with E-state index in [0.29, 0.717) is 10.9 Å². The summed E-state index contributed by atoms with van der Waals surface area (Å²) in [5, 5.41) is 10.1. The third kappa shape index (κ3) is 3.04. The Morgan fingerprint density at radius 3 is 2.33 bits per heavy atom. The van der Waals surface area contributed by atoms with E-state index >= 15 is 0 Å². The van der Waals surface area contributed by atoms with Crippen molar-refractivity contribution in [1.82, 2.24) is 9.97 Å². The maximum atomic E-state index is 11.7. The lowest BCUT2D eigenvalue weighted by atomic mass is 9.72. The van der Waals surface area contributed by atoms with Crippen LogP contribution in [0.25, 0.3) is 33.3 Å². The first-order valence-electron chi connectivity index (χ1n) is 10.0. The Bertz CT molecular complexity index is 1250. The van der Waals surface area contributed by atoms with Gasteiger partial charge in [-0.05, 0) is 42.5 Å². The molecule has 0 bridgehead atoms. The predicted molar refractivity (Wildman–Crippen MR) is 117 cm³/mol. The van der Waals surface area contributed by atoms with Crippen LogP contribution in [0.4, 0.5) is 0 Å². The average Bonchev–Trinajstić information content (AvgIpc) is 2.76. The van der Waals surface area contributed by atoms with Gasteiger partial charge in [0.25, 0.3) is 0 Å². The van der Waals surface area contributed by atoms with Crippen LogP contribution in [0.1, 0.15) is 35.3 Å². The minimum Gasteiger partial charge on any atom is -0.476 e. The van der Waals surface area contributed by atoms with E-state index in [1.54, 1.807) is 6.07 Å². The van der Waals surface area contributed by atoms with Crippen molar-refractivity contribution in [3.05, 3.63) is 84.2 Å². The molecule has 1 saturated carbocycles. The fourth-order valence-corrected chi connectivity index (χ4v) is 4.13. The van der Waals surface area contributed by atoms with Gasteiger partial charge >= 0.3 is 5.97 Å². The monoisotopic (exact) mass is 395 g/mol.